The van der Waals surface area contributed by atoms with E-state index < -0.39 is 22.0 Å². The molecule has 8 nitrogen and oxygen atoms in total. The SMILES string of the molecule is COC(=O)c1cc(C)c(C)c(S(=O)(=O)N2CCC(N(C)CC(=O)O)CC2)c1. The van der Waals surface area contributed by atoms with E-state index in [1.54, 1.807) is 31.9 Å². The van der Waals surface area contributed by atoms with Crippen LogP contribution in [0.1, 0.15) is 34.3 Å². The highest BCUT2D eigenvalue weighted by Gasteiger charge is 2.33. The summed E-state index contributed by atoms with van der Waals surface area (Å²) in [6.45, 7) is 4.01. The van der Waals surface area contributed by atoms with Crippen LogP contribution in [0.2, 0.25) is 0 Å². The number of benzene rings is 1. The van der Waals surface area contributed by atoms with Gasteiger partial charge in [-0.05, 0) is 57.0 Å². The molecule has 0 aliphatic carbocycles. The minimum Gasteiger partial charge on any atom is -0.480 e. The number of carbonyl (C=O) groups is 2. The first-order valence-corrected chi connectivity index (χ1v) is 10.1. The van der Waals surface area contributed by atoms with Crippen molar-refractivity contribution in [3.05, 3.63) is 28.8 Å². The Bertz CT molecular complexity index is 828. The molecule has 0 atom stereocenters. The smallest absolute Gasteiger partial charge is 0.337 e. The zero-order valence-corrected chi connectivity index (χ0v) is 16.9. The highest BCUT2D eigenvalue weighted by atomic mass is 32.2. The first kappa shape index (κ1) is 21.3. The van der Waals surface area contributed by atoms with Crippen molar-refractivity contribution in [1.82, 2.24) is 9.21 Å². The van der Waals surface area contributed by atoms with Crippen LogP contribution >= 0.6 is 0 Å². The third-order valence-electron chi connectivity index (χ3n) is 5.09. The number of hydrogen-bond donors (Lipinski definition) is 1. The number of carbonyl (C=O) groups excluding carboxylic acids is 1. The fourth-order valence-corrected chi connectivity index (χ4v) is 5.13. The van der Waals surface area contributed by atoms with Crippen LogP contribution in [0.4, 0.5) is 0 Å². The van der Waals surface area contributed by atoms with Crippen molar-refractivity contribution in [3.8, 4) is 0 Å². The molecule has 1 aliphatic heterocycles. The summed E-state index contributed by atoms with van der Waals surface area (Å²) in [6, 6.07) is 3.01. The lowest BCUT2D eigenvalue weighted by Gasteiger charge is -2.35. The van der Waals surface area contributed by atoms with Crippen molar-refractivity contribution in [2.24, 2.45) is 0 Å². The topological polar surface area (TPSA) is 104 Å². The fraction of sp³-hybridized carbons (Fsp3) is 0.556. The molecule has 0 spiro atoms. The number of methoxy groups -OCH3 is 1. The summed E-state index contributed by atoms with van der Waals surface area (Å²) in [5.74, 6) is -1.48. The molecule has 1 N–H and O–H groups in total. The Kier molecular flexibility index (Phi) is 6.61. The lowest BCUT2D eigenvalue weighted by Crippen LogP contribution is -2.46. The quantitative estimate of drug-likeness (QED) is 0.719. The van der Waals surface area contributed by atoms with Crippen LogP contribution in [0.5, 0.6) is 0 Å². The van der Waals surface area contributed by atoms with Gasteiger partial charge in [-0.2, -0.15) is 4.31 Å². The average molecular weight is 398 g/mol. The van der Waals surface area contributed by atoms with Crippen molar-refractivity contribution in [2.75, 3.05) is 33.8 Å². The summed E-state index contributed by atoms with van der Waals surface area (Å²) in [6.07, 6.45) is 1.11. The third kappa shape index (κ3) is 4.66. The molecule has 1 aromatic rings. The maximum absolute atomic E-state index is 13.1. The molecule has 1 aromatic carbocycles. The Morgan fingerprint density at radius 1 is 1.26 bits per heavy atom. The monoisotopic (exact) mass is 398 g/mol. The van der Waals surface area contributed by atoms with Gasteiger partial charge < -0.3 is 9.84 Å². The molecule has 0 bridgehead atoms. The summed E-state index contributed by atoms with van der Waals surface area (Å²) >= 11 is 0. The molecule has 0 saturated carbocycles. The van der Waals surface area contributed by atoms with Crippen molar-refractivity contribution in [2.45, 2.75) is 37.6 Å². The molecule has 0 radical (unpaired) electrons. The zero-order valence-electron chi connectivity index (χ0n) is 16.1. The Balaban J connectivity index is 2.24. The maximum atomic E-state index is 13.1. The number of ether oxygens (including phenoxy) is 1. The minimum atomic E-state index is -3.76. The second-order valence-corrected chi connectivity index (χ2v) is 8.76. The lowest BCUT2D eigenvalue weighted by atomic mass is 10.1. The molecule has 2 rings (SSSR count). The van der Waals surface area contributed by atoms with Gasteiger partial charge >= 0.3 is 11.9 Å². The molecular weight excluding hydrogens is 372 g/mol. The number of likely N-dealkylation sites (N-methyl/N-ethyl adjacent to an activating group) is 1. The van der Waals surface area contributed by atoms with E-state index in [1.165, 1.54) is 17.5 Å². The molecule has 0 amide bonds. The molecule has 0 aromatic heterocycles. The Hall–Kier alpha value is -1.97. The number of sulfonamides is 1. The Morgan fingerprint density at radius 3 is 2.37 bits per heavy atom. The summed E-state index contributed by atoms with van der Waals surface area (Å²) in [4.78, 5) is 24.6. The van der Waals surface area contributed by atoms with Gasteiger partial charge in [-0.1, -0.05) is 0 Å². The number of aryl methyl sites for hydroxylation is 1. The molecule has 1 heterocycles. The predicted octanol–water partition coefficient (Wildman–Crippen LogP) is 1.26. The standard InChI is InChI=1S/C18H26N2O6S/c1-12-9-14(18(23)26-4)10-16(13(12)2)27(24,25)20-7-5-15(6-8-20)19(3)11-17(21)22/h9-10,15H,5-8,11H2,1-4H3,(H,21,22). The lowest BCUT2D eigenvalue weighted by molar-refractivity contribution is -0.138. The summed E-state index contributed by atoms with van der Waals surface area (Å²) in [5.41, 5.74) is 1.51. The molecule has 0 unspecified atom stereocenters. The summed E-state index contributed by atoms with van der Waals surface area (Å²) in [7, 11) is -0.774. The number of nitrogens with zero attached hydrogens (tertiary/aromatic N) is 2. The minimum absolute atomic E-state index is 0.0248. The van der Waals surface area contributed by atoms with Crippen molar-refractivity contribution >= 4 is 22.0 Å². The van der Waals surface area contributed by atoms with Gasteiger partial charge in [0.05, 0.1) is 24.1 Å². The summed E-state index contributed by atoms with van der Waals surface area (Å²) in [5, 5.41) is 8.91. The van der Waals surface area contributed by atoms with Crippen LogP contribution in [0.3, 0.4) is 0 Å². The van der Waals surface area contributed by atoms with E-state index in [-0.39, 0.29) is 23.0 Å². The van der Waals surface area contributed by atoms with Gasteiger partial charge in [-0.3, -0.25) is 9.69 Å². The first-order valence-electron chi connectivity index (χ1n) is 8.69. The van der Waals surface area contributed by atoms with Crippen molar-refractivity contribution in [3.63, 3.8) is 0 Å². The number of hydrogen-bond acceptors (Lipinski definition) is 6. The average Bonchev–Trinajstić information content (AvgIpc) is 2.62. The zero-order chi connectivity index (χ0) is 20.4. The maximum Gasteiger partial charge on any atom is 0.337 e. The van der Waals surface area contributed by atoms with Gasteiger partial charge in [0, 0.05) is 19.1 Å². The van der Waals surface area contributed by atoms with Crippen LogP contribution in [-0.4, -0.2) is 74.5 Å². The van der Waals surface area contributed by atoms with Gasteiger partial charge in [0.2, 0.25) is 10.0 Å². The number of piperidine rings is 1. The van der Waals surface area contributed by atoms with Gasteiger partial charge in [0.1, 0.15) is 0 Å². The molecular formula is C18H26N2O6S. The molecule has 1 fully saturated rings. The van der Waals surface area contributed by atoms with Crippen LogP contribution in [-0.2, 0) is 19.6 Å². The van der Waals surface area contributed by atoms with Crippen LogP contribution in [0, 0.1) is 13.8 Å². The fourth-order valence-electron chi connectivity index (χ4n) is 3.34. The number of carboxylic acid groups (broad SMARTS) is 1. The number of esters is 1. The molecule has 1 aliphatic rings. The summed E-state index contributed by atoms with van der Waals surface area (Å²) < 4.78 is 32.4. The van der Waals surface area contributed by atoms with Crippen molar-refractivity contribution < 1.29 is 27.9 Å². The van der Waals surface area contributed by atoms with E-state index in [9.17, 15) is 18.0 Å². The number of rotatable bonds is 6. The second kappa shape index (κ2) is 8.37. The Labute approximate surface area is 159 Å². The van der Waals surface area contributed by atoms with Crippen LogP contribution < -0.4 is 0 Å². The van der Waals surface area contributed by atoms with E-state index in [1.807, 2.05) is 0 Å². The molecule has 27 heavy (non-hydrogen) atoms. The Morgan fingerprint density at radius 2 is 1.85 bits per heavy atom. The van der Waals surface area contributed by atoms with Crippen molar-refractivity contribution in [1.29, 1.82) is 0 Å². The second-order valence-electron chi connectivity index (χ2n) is 6.85. The van der Waals surface area contributed by atoms with Gasteiger partial charge in [0.25, 0.3) is 0 Å². The normalized spacial score (nSPS) is 16.5. The molecule has 150 valence electrons. The number of carboxylic acids is 1. The van der Waals surface area contributed by atoms with Gasteiger partial charge in [0.15, 0.2) is 0 Å². The van der Waals surface area contributed by atoms with E-state index in [0.29, 0.717) is 37.1 Å². The van der Waals surface area contributed by atoms with E-state index >= 15 is 0 Å². The molecule has 1 saturated heterocycles. The van der Waals surface area contributed by atoms with E-state index in [4.69, 9.17) is 9.84 Å². The molecule has 9 heteroatoms. The van der Waals surface area contributed by atoms with E-state index in [2.05, 4.69) is 0 Å². The predicted molar refractivity (Wildman–Crippen MR) is 99.3 cm³/mol. The highest BCUT2D eigenvalue weighted by Crippen LogP contribution is 2.27. The van der Waals surface area contributed by atoms with Crippen LogP contribution in [0.15, 0.2) is 17.0 Å². The first-order chi connectivity index (χ1) is 12.6. The van der Waals surface area contributed by atoms with Gasteiger partial charge in [-0.25, -0.2) is 13.2 Å². The highest BCUT2D eigenvalue weighted by molar-refractivity contribution is 7.89. The van der Waals surface area contributed by atoms with E-state index in [0.717, 1.165) is 0 Å². The van der Waals surface area contributed by atoms with Gasteiger partial charge in [-0.15, -0.1) is 0 Å². The number of aliphatic carboxylic acids is 1. The van der Waals surface area contributed by atoms with Crippen LogP contribution in [0.25, 0.3) is 0 Å². The largest absolute Gasteiger partial charge is 0.480 e. The third-order valence-corrected chi connectivity index (χ3v) is 7.11.